The maximum absolute atomic E-state index is 15.1. The van der Waals surface area contributed by atoms with Crippen molar-refractivity contribution < 1.29 is 18.7 Å². The molecule has 3 fully saturated rings. The molecule has 7 heteroatoms. The van der Waals surface area contributed by atoms with Crippen LogP contribution in [0.5, 0.6) is 0 Å². The van der Waals surface area contributed by atoms with Crippen LogP contribution in [0.15, 0.2) is 48.5 Å². The smallest absolute Gasteiger partial charge is 0.254 e. The first-order valence-electron chi connectivity index (χ1n) is 12.8. The fourth-order valence-electron chi connectivity index (χ4n) is 6.16. The van der Waals surface area contributed by atoms with E-state index in [1.54, 1.807) is 29.2 Å². The first-order valence-corrected chi connectivity index (χ1v) is 12.8. The van der Waals surface area contributed by atoms with E-state index in [9.17, 15) is 9.59 Å². The lowest BCUT2D eigenvalue weighted by Gasteiger charge is -2.37. The summed E-state index contributed by atoms with van der Waals surface area (Å²) < 4.78 is 20.8. The molecule has 0 spiro atoms. The first kappa shape index (κ1) is 23.8. The van der Waals surface area contributed by atoms with Gasteiger partial charge < -0.3 is 19.9 Å². The molecule has 1 N–H and O–H groups in total. The number of halogens is 1. The molecule has 6 nitrogen and oxygen atoms in total. The number of carbonyl (C=O) groups is 2. The van der Waals surface area contributed by atoms with Gasteiger partial charge >= 0.3 is 0 Å². The normalized spacial score (nSPS) is 28.5. The molecule has 0 bridgehead atoms. The predicted octanol–water partition coefficient (Wildman–Crippen LogP) is 4.85. The summed E-state index contributed by atoms with van der Waals surface area (Å²) in [6, 6.07) is 13.5. The van der Waals surface area contributed by atoms with E-state index < -0.39 is 6.04 Å². The number of benzene rings is 2. The molecule has 2 aliphatic heterocycles. The maximum atomic E-state index is 15.1. The lowest BCUT2D eigenvalue weighted by atomic mass is 9.84. The molecule has 2 heterocycles. The van der Waals surface area contributed by atoms with Gasteiger partial charge in [0.1, 0.15) is 11.9 Å². The molecule has 1 saturated carbocycles. The van der Waals surface area contributed by atoms with Crippen LogP contribution in [-0.2, 0) is 9.53 Å². The lowest BCUT2D eigenvalue weighted by molar-refractivity contribution is -0.120. The van der Waals surface area contributed by atoms with Crippen LogP contribution in [0.2, 0.25) is 0 Å². The second-order valence-corrected chi connectivity index (χ2v) is 10.3. The third-order valence-electron chi connectivity index (χ3n) is 7.62. The summed E-state index contributed by atoms with van der Waals surface area (Å²) in [6.07, 6.45) is 4.86. The van der Waals surface area contributed by atoms with E-state index in [2.05, 4.69) is 5.32 Å². The molecule has 0 radical (unpaired) electrons. The van der Waals surface area contributed by atoms with Gasteiger partial charge in [-0.3, -0.25) is 9.59 Å². The number of rotatable bonds is 4. The minimum Gasteiger partial charge on any atom is -0.372 e. The van der Waals surface area contributed by atoms with Crippen molar-refractivity contribution in [3.8, 4) is 0 Å². The molecule has 5 atom stereocenters. The molecule has 3 aliphatic rings. The zero-order chi connectivity index (χ0) is 24.5. The Balaban J connectivity index is 1.34. The third kappa shape index (κ3) is 4.92. The van der Waals surface area contributed by atoms with E-state index >= 15 is 4.39 Å². The van der Waals surface area contributed by atoms with E-state index in [0.29, 0.717) is 42.4 Å². The Morgan fingerprint density at radius 2 is 1.71 bits per heavy atom. The average molecular weight is 480 g/mol. The Bertz CT molecular complexity index is 1070. The average Bonchev–Trinajstić information content (AvgIpc) is 3.23. The molecular weight excluding hydrogens is 445 g/mol. The molecule has 5 rings (SSSR count). The van der Waals surface area contributed by atoms with E-state index in [1.807, 2.05) is 36.9 Å². The quantitative estimate of drug-likeness (QED) is 0.681. The van der Waals surface area contributed by atoms with E-state index in [0.717, 1.165) is 25.7 Å². The minimum absolute atomic E-state index is 0.0246. The highest BCUT2D eigenvalue weighted by Crippen LogP contribution is 2.41. The van der Waals surface area contributed by atoms with E-state index in [4.69, 9.17) is 4.74 Å². The van der Waals surface area contributed by atoms with Gasteiger partial charge in [0.05, 0.1) is 17.9 Å². The number of morpholine rings is 1. The summed E-state index contributed by atoms with van der Waals surface area (Å²) in [5, 5.41) is 2.90. The molecule has 5 unspecified atom stereocenters. The van der Waals surface area contributed by atoms with Crippen molar-refractivity contribution in [3.63, 3.8) is 0 Å². The minimum atomic E-state index is -0.556. The van der Waals surface area contributed by atoms with Gasteiger partial charge in [-0.2, -0.15) is 0 Å². The Hall–Kier alpha value is -2.93. The van der Waals surface area contributed by atoms with Gasteiger partial charge in [0, 0.05) is 30.4 Å². The molecule has 35 heavy (non-hydrogen) atoms. The van der Waals surface area contributed by atoms with Crippen molar-refractivity contribution in [2.45, 2.75) is 70.2 Å². The van der Waals surface area contributed by atoms with Gasteiger partial charge in [0.25, 0.3) is 5.91 Å². The van der Waals surface area contributed by atoms with Crippen molar-refractivity contribution in [3.05, 3.63) is 59.9 Å². The van der Waals surface area contributed by atoms with Gasteiger partial charge in [0.2, 0.25) is 5.91 Å². The number of carbonyl (C=O) groups excluding carboxylic acids is 2. The van der Waals surface area contributed by atoms with Crippen molar-refractivity contribution in [1.29, 1.82) is 0 Å². The van der Waals surface area contributed by atoms with Gasteiger partial charge in [-0.15, -0.1) is 0 Å². The maximum Gasteiger partial charge on any atom is 0.254 e. The van der Waals surface area contributed by atoms with Crippen LogP contribution in [0.4, 0.5) is 15.8 Å². The molecular formula is C28H34FN3O3. The number of nitrogens with one attached hydrogen (secondary N) is 1. The Labute approximate surface area is 206 Å². The van der Waals surface area contributed by atoms with Crippen LogP contribution in [0.25, 0.3) is 0 Å². The van der Waals surface area contributed by atoms with Gasteiger partial charge in [-0.25, -0.2) is 4.39 Å². The molecule has 2 amide bonds. The number of ether oxygens (including phenoxy) is 1. The molecule has 0 aromatic heterocycles. The number of hydrogen-bond acceptors (Lipinski definition) is 4. The second-order valence-electron chi connectivity index (χ2n) is 10.3. The molecule has 2 aromatic rings. The summed E-state index contributed by atoms with van der Waals surface area (Å²) in [6.45, 7) is 5.20. The van der Waals surface area contributed by atoms with Gasteiger partial charge in [-0.05, 0) is 69.4 Å². The largest absolute Gasteiger partial charge is 0.372 e. The highest BCUT2D eigenvalue weighted by atomic mass is 19.1. The predicted molar refractivity (Wildman–Crippen MR) is 134 cm³/mol. The monoisotopic (exact) mass is 479 g/mol. The fraction of sp³-hybridized carbons (Fsp3) is 0.500. The van der Waals surface area contributed by atoms with Gasteiger partial charge in [0.15, 0.2) is 0 Å². The number of anilines is 2. The summed E-state index contributed by atoms with van der Waals surface area (Å²) in [5.41, 5.74) is 1.52. The van der Waals surface area contributed by atoms with E-state index in [1.165, 1.54) is 6.07 Å². The summed E-state index contributed by atoms with van der Waals surface area (Å²) in [5.74, 6) is -0.389. The standard InChI is InChI=1S/C28H34FN3O3/c1-18-16-31(17-19(2)35-18)25-13-12-22(15-23(25)29)30-27(33)26-14-21-10-6-7-11-24(21)32(26)28(34)20-8-4-3-5-9-20/h3-5,8-9,12-13,15,18-19,21,24,26H,6-7,10-11,14,16-17H2,1-2H3,(H,30,33). The summed E-state index contributed by atoms with van der Waals surface area (Å²) >= 11 is 0. The van der Waals surface area contributed by atoms with Crippen LogP contribution < -0.4 is 10.2 Å². The van der Waals surface area contributed by atoms with Crippen LogP contribution in [-0.4, -0.2) is 54.1 Å². The summed E-state index contributed by atoms with van der Waals surface area (Å²) in [4.78, 5) is 30.7. The highest BCUT2D eigenvalue weighted by Gasteiger charge is 2.47. The fourth-order valence-corrected chi connectivity index (χ4v) is 6.16. The van der Waals surface area contributed by atoms with Crippen LogP contribution >= 0.6 is 0 Å². The zero-order valence-corrected chi connectivity index (χ0v) is 20.5. The third-order valence-corrected chi connectivity index (χ3v) is 7.62. The van der Waals surface area contributed by atoms with Crippen molar-refractivity contribution in [2.24, 2.45) is 5.92 Å². The Morgan fingerprint density at radius 1 is 1.00 bits per heavy atom. The topological polar surface area (TPSA) is 61.9 Å². The summed E-state index contributed by atoms with van der Waals surface area (Å²) in [7, 11) is 0. The highest BCUT2D eigenvalue weighted by molar-refractivity contribution is 6.02. The van der Waals surface area contributed by atoms with Crippen molar-refractivity contribution in [2.75, 3.05) is 23.3 Å². The lowest BCUT2D eigenvalue weighted by Crippen LogP contribution is -2.47. The molecule has 1 aliphatic carbocycles. The van der Waals surface area contributed by atoms with Crippen LogP contribution in [0.1, 0.15) is 56.3 Å². The number of likely N-dealkylation sites (tertiary alicyclic amines) is 1. The first-order chi connectivity index (χ1) is 16.9. The Kier molecular flexibility index (Phi) is 6.78. The molecule has 2 aromatic carbocycles. The second kappa shape index (κ2) is 9.97. The van der Waals surface area contributed by atoms with E-state index in [-0.39, 0.29) is 35.9 Å². The SMILES string of the molecule is CC1CN(c2ccc(NC(=O)C3CC4CCCCC4N3C(=O)c3ccccc3)cc2F)CC(C)O1. The van der Waals surface area contributed by atoms with Crippen molar-refractivity contribution >= 4 is 23.2 Å². The van der Waals surface area contributed by atoms with Crippen LogP contribution in [0.3, 0.4) is 0 Å². The molecule has 186 valence electrons. The van der Waals surface area contributed by atoms with Crippen LogP contribution in [0, 0.1) is 11.7 Å². The number of fused-ring (bicyclic) bond motifs is 1. The number of amides is 2. The van der Waals surface area contributed by atoms with Gasteiger partial charge in [-0.1, -0.05) is 31.0 Å². The number of hydrogen-bond donors (Lipinski definition) is 1. The zero-order valence-electron chi connectivity index (χ0n) is 20.5. The molecule has 2 saturated heterocycles. The number of nitrogens with zero attached hydrogens (tertiary/aromatic N) is 2. The van der Waals surface area contributed by atoms with Crippen molar-refractivity contribution in [1.82, 2.24) is 4.90 Å². The Morgan fingerprint density at radius 3 is 2.43 bits per heavy atom.